The molecule has 1 atom stereocenters. The van der Waals surface area contributed by atoms with Crippen LogP contribution in [0.25, 0.3) is 0 Å². The summed E-state index contributed by atoms with van der Waals surface area (Å²) in [4.78, 5) is 38.4. The maximum atomic E-state index is 14.2. The van der Waals surface area contributed by atoms with Gasteiger partial charge in [-0.05, 0) is 24.6 Å². The number of aliphatic carboxylic acids is 1. The van der Waals surface area contributed by atoms with Gasteiger partial charge in [-0.15, -0.1) is 0 Å². The van der Waals surface area contributed by atoms with Crippen molar-refractivity contribution in [2.24, 2.45) is 0 Å². The Morgan fingerprint density at radius 3 is 2.75 bits per heavy atom. The third kappa shape index (κ3) is 2.96. The monoisotopic (exact) mass is 336 g/mol. The zero-order chi connectivity index (χ0) is 17.3. The predicted molar refractivity (Wildman–Crippen MR) is 81.3 cm³/mol. The summed E-state index contributed by atoms with van der Waals surface area (Å²) < 4.78 is 19.2. The summed E-state index contributed by atoms with van der Waals surface area (Å²) in [5, 5.41) is 9.22. The van der Waals surface area contributed by atoms with Gasteiger partial charge in [0.15, 0.2) is 6.04 Å². The van der Waals surface area contributed by atoms with Gasteiger partial charge in [0.25, 0.3) is 5.91 Å². The molecule has 128 valence electrons. The Morgan fingerprint density at radius 2 is 2.08 bits per heavy atom. The van der Waals surface area contributed by atoms with Gasteiger partial charge in [-0.25, -0.2) is 9.18 Å². The third-order valence-corrected chi connectivity index (χ3v) is 4.24. The number of benzene rings is 1. The number of carbonyl (C=O) groups excluding carboxylic acids is 2. The molecule has 0 spiro atoms. The van der Waals surface area contributed by atoms with Gasteiger partial charge in [0.2, 0.25) is 5.91 Å². The van der Waals surface area contributed by atoms with Gasteiger partial charge in [0, 0.05) is 25.2 Å². The fourth-order valence-corrected chi connectivity index (χ4v) is 2.97. The molecule has 2 fully saturated rings. The molecule has 1 unspecified atom stereocenters. The molecule has 2 saturated heterocycles. The lowest BCUT2D eigenvalue weighted by Gasteiger charge is -2.33. The van der Waals surface area contributed by atoms with E-state index in [0.717, 1.165) is 11.0 Å². The first kappa shape index (κ1) is 16.4. The smallest absolute Gasteiger partial charge is 0.328 e. The van der Waals surface area contributed by atoms with Crippen LogP contribution in [0.15, 0.2) is 18.2 Å². The van der Waals surface area contributed by atoms with E-state index in [0.29, 0.717) is 25.1 Å². The van der Waals surface area contributed by atoms with Gasteiger partial charge in [-0.1, -0.05) is 0 Å². The largest absolute Gasteiger partial charge is 0.480 e. The number of halogens is 1. The molecule has 2 aliphatic rings. The number of amides is 2. The minimum atomic E-state index is -1.20. The molecule has 0 bridgehead atoms. The maximum Gasteiger partial charge on any atom is 0.328 e. The van der Waals surface area contributed by atoms with E-state index in [1.54, 1.807) is 0 Å². The van der Waals surface area contributed by atoms with E-state index in [1.807, 2.05) is 0 Å². The van der Waals surface area contributed by atoms with Crippen molar-refractivity contribution in [2.75, 3.05) is 31.2 Å². The van der Waals surface area contributed by atoms with Crippen molar-refractivity contribution in [2.45, 2.75) is 18.9 Å². The Labute approximate surface area is 137 Å². The molecule has 0 radical (unpaired) electrons. The number of anilines is 1. The van der Waals surface area contributed by atoms with Crippen molar-refractivity contribution in [3.05, 3.63) is 29.6 Å². The van der Waals surface area contributed by atoms with Crippen LogP contribution in [0.2, 0.25) is 0 Å². The van der Waals surface area contributed by atoms with Gasteiger partial charge in [0.1, 0.15) is 5.82 Å². The Morgan fingerprint density at radius 1 is 1.29 bits per heavy atom. The van der Waals surface area contributed by atoms with Crippen molar-refractivity contribution < 1.29 is 28.6 Å². The number of hydrogen-bond acceptors (Lipinski definition) is 4. The highest BCUT2D eigenvalue weighted by molar-refractivity contribution is 6.00. The van der Waals surface area contributed by atoms with E-state index in [2.05, 4.69) is 0 Å². The van der Waals surface area contributed by atoms with Crippen LogP contribution in [-0.4, -0.2) is 60.1 Å². The van der Waals surface area contributed by atoms with E-state index in [9.17, 15) is 23.9 Å². The SMILES string of the molecule is O=C(O)C1COCCN1C(=O)c1cc(N2CCCC2=O)ccc1F. The minimum absolute atomic E-state index is 0.0715. The highest BCUT2D eigenvalue weighted by Gasteiger charge is 2.34. The second-order valence-electron chi connectivity index (χ2n) is 5.74. The molecular formula is C16H17FN2O5. The number of nitrogens with zero attached hydrogens (tertiary/aromatic N) is 2. The van der Waals surface area contributed by atoms with E-state index >= 15 is 0 Å². The average molecular weight is 336 g/mol. The summed E-state index contributed by atoms with van der Waals surface area (Å²) in [7, 11) is 0. The second kappa shape index (κ2) is 6.56. The van der Waals surface area contributed by atoms with Gasteiger partial charge >= 0.3 is 5.97 Å². The van der Waals surface area contributed by atoms with Gasteiger partial charge in [-0.2, -0.15) is 0 Å². The molecule has 8 heteroatoms. The molecular weight excluding hydrogens is 319 g/mol. The highest BCUT2D eigenvalue weighted by Crippen LogP contribution is 2.25. The summed E-state index contributed by atoms with van der Waals surface area (Å²) in [5.41, 5.74) is 0.211. The third-order valence-electron chi connectivity index (χ3n) is 4.24. The molecule has 24 heavy (non-hydrogen) atoms. The Bertz CT molecular complexity index is 693. The lowest BCUT2D eigenvalue weighted by atomic mass is 10.1. The number of ether oxygens (including phenoxy) is 1. The summed E-state index contributed by atoms with van der Waals surface area (Å²) in [6.45, 7) is 0.657. The zero-order valence-electron chi connectivity index (χ0n) is 12.9. The topological polar surface area (TPSA) is 87.2 Å². The predicted octanol–water partition coefficient (Wildman–Crippen LogP) is 0.878. The van der Waals surface area contributed by atoms with Crippen molar-refractivity contribution in [1.29, 1.82) is 0 Å². The number of carboxylic acids is 1. The maximum absolute atomic E-state index is 14.2. The number of hydrogen-bond donors (Lipinski definition) is 1. The van der Waals surface area contributed by atoms with Crippen LogP contribution >= 0.6 is 0 Å². The van der Waals surface area contributed by atoms with Crippen molar-refractivity contribution in [3.63, 3.8) is 0 Å². The number of carbonyl (C=O) groups is 3. The normalized spacial score (nSPS) is 21.2. The van der Waals surface area contributed by atoms with E-state index in [1.165, 1.54) is 17.0 Å². The summed E-state index contributed by atoms with van der Waals surface area (Å²) in [5.74, 6) is -2.73. The first-order chi connectivity index (χ1) is 11.5. The van der Waals surface area contributed by atoms with Crippen molar-refractivity contribution >= 4 is 23.5 Å². The summed E-state index contributed by atoms with van der Waals surface area (Å²) in [6, 6.07) is 2.74. The van der Waals surface area contributed by atoms with E-state index in [-0.39, 0.29) is 31.2 Å². The number of rotatable bonds is 3. The molecule has 0 aromatic heterocycles. The lowest BCUT2D eigenvalue weighted by Crippen LogP contribution is -2.52. The van der Waals surface area contributed by atoms with Crippen molar-refractivity contribution in [1.82, 2.24) is 4.90 Å². The quantitative estimate of drug-likeness (QED) is 0.885. The van der Waals surface area contributed by atoms with Crippen LogP contribution in [0.5, 0.6) is 0 Å². The van der Waals surface area contributed by atoms with E-state index in [4.69, 9.17) is 4.74 Å². The average Bonchev–Trinajstić information content (AvgIpc) is 3.00. The molecule has 7 nitrogen and oxygen atoms in total. The first-order valence-electron chi connectivity index (χ1n) is 7.70. The molecule has 2 heterocycles. The van der Waals surface area contributed by atoms with Crippen LogP contribution in [0.4, 0.5) is 10.1 Å². The lowest BCUT2D eigenvalue weighted by molar-refractivity contribution is -0.147. The number of morpholine rings is 1. The van der Waals surface area contributed by atoms with Gasteiger partial charge < -0.3 is 19.6 Å². The molecule has 1 aromatic carbocycles. The Balaban J connectivity index is 1.91. The second-order valence-corrected chi connectivity index (χ2v) is 5.74. The molecule has 1 aromatic rings. The van der Waals surface area contributed by atoms with Crippen LogP contribution in [0.3, 0.4) is 0 Å². The van der Waals surface area contributed by atoms with Crippen LogP contribution in [0, 0.1) is 5.82 Å². The van der Waals surface area contributed by atoms with Crippen LogP contribution in [0.1, 0.15) is 23.2 Å². The standard InChI is InChI=1S/C16H17FN2O5/c17-12-4-3-10(18-5-1-2-14(18)20)8-11(12)15(21)19-6-7-24-9-13(19)16(22)23/h3-4,8,13H,1-2,5-7,9H2,(H,22,23). The van der Waals surface area contributed by atoms with Gasteiger partial charge in [0.05, 0.1) is 18.8 Å². The molecule has 0 aliphatic carbocycles. The highest BCUT2D eigenvalue weighted by atomic mass is 19.1. The molecule has 3 rings (SSSR count). The Kier molecular flexibility index (Phi) is 4.48. The molecule has 2 amide bonds. The van der Waals surface area contributed by atoms with E-state index < -0.39 is 23.7 Å². The molecule has 0 saturated carbocycles. The van der Waals surface area contributed by atoms with Crippen molar-refractivity contribution in [3.8, 4) is 0 Å². The summed E-state index contributed by atoms with van der Waals surface area (Å²) >= 11 is 0. The molecule has 2 aliphatic heterocycles. The molecule has 1 N–H and O–H groups in total. The van der Waals surface area contributed by atoms with Gasteiger partial charge in [-0.3, -0.25) is 9.59 Å². The Hall–Kier alpha value is -2.48. The number of carboxylic acid groups (broad SMARTS) is 1. The first-order valence-corrected chi connectivity index (χ1v) is 7.70. The fraction of sp³-hybridized carbons (Fsp3) is 0.438. The zero-order valence-corrected chi connectivity index (χ0v) is 12.9. The summed E-state index contributed by atoms with van der Waals surface area (Å²) in [6.07, 6.45) is 1.13. The minimum Gasteiger partial charge on any atom is -0.480 e. The van der Waals surface area contributed by atoms with Crippen LogP contribution < -0.4 is 4.90 Å². The fourth-order valence-electron chi connectivity index (χ4n) is 2.97. The van der Waals surface area contributed by atoms with Crippen LogP contribution in [-0.2, 0) is 14.3 Å².